The van der Waals surface area contributed by atoms with E-state index < -0.39 is 23.4 Å². The molecule has 0 aliphatic heterocycles. The van der Waals surface area contributed by atoms with Gasteiger partial charge in [0, 0.05) is 30.7 Å². The van der Waals surface area contributed by atoms with E-state index in [4.69, 9.17) is 9.15 Å². The Balaban J connectivity index is 1.87. The normalized spacial score (nSPS) is 13.0. The van der Waals surface area contributed by atoms with Crippen molar-refractivity contribution in [3.63, 3.8) is 0 Å². The van der Waals surface area contributed by atoms with Crippen molar-refractivity contribution in [1.29, 1.82) is 0 Å². The number of phenols is 3. The molecule has 6 N–H and O–H groups in total. The minimum atomic E-state index is -0.893. The Morgan fingerprint density at radius 1 is 0.929 bits per heavy atom. The van der Waals surface area contributed by atoms with Crippen LogP contribution in [0.1, 0.15) is 56.7 Å². The number of rotatable bonds is 12. The summed E-state index contributed by atoms with van der Waals surface area (Å²) < 4.78 is 12.0. The second kappa shape index (κ2) is 13.2. The van der Waals surface area contributed by atoms with Gasteiger partial charge in [-0.15, -0.1) is 0 Å². The average molecular weight is 579 g/mol. The largest absolute Gasteiger partial charge is 0.508 e. The predicted molar refractivity (Wildman–Crippen MR) is 159 cm³/mol. The molecule has 4 rings (SSSR count). The summed E-state index contributed by atoms with van der Waals surface area (Å²) in [5, 5.41) is 62.3. The molecule has 0 spiro atoms. The van der Waals surface area contributed by atoms with E-state index >= 15 is 0 Å². The molecule has 0 saturated heterocycles. The maximum absolute atomic E-state index is 13.6. The summed E-state index contributed by atoms with van der Waals surface area (Å²) >= 11 is 0. The number of aliphatic hydroxyl groups is 2. The van der Waals surface area contributed by atoms with Gasteiger partial charge in [-0.25, -0.2) is 0 Å². The molecule has 2 atom stereocenters. The molecule has 9 heteroatoms. The Morgan fingerprint density at radius 2 is 1.67 bits per heavy atom. The molecule has 1 aromatic heterocycles. The van der Waals surface area contributed by atoms with Gasteiger partial charge in [-0.2, -0.15) is 0 Å². The zero-order chi connectivity index (χ0) is 30.6. The van der Waals surface area contributed by atoms with Crippen molar-refractivity contribution in [1.82, 2.24) is 0 Å². The summed E-state index contributed by atoms with van der Waals surface area (Å²) in [5.41, 5.74) is 1.38. The van der Waals surface area contributed by atoms with Gasteiger partial charge >= 0.3 is 0 Å². The third kappa shape index (κ3) is 6.80. The van der Waals surface area contributed by atoms with E-state index in [0.717, 1.165) is 5.56 Å². The van der Waals surface area contributed by atoms with Crippen LogP contribution < -0.4 is 10.2 Å². The first-order valence-electron chi connectivity index (χ1n) is 14.1. The van der Waals surface area contributed by atoms with Crippen LogP contribution in [0.3, 0.4) is 0 Å². The Hall–Kier alpha value is -4.21. The van der Waals surface area contributed by atoms with Crippen LogP contribution in [0.15, 0.2) is 57.7 Å². The van der Waals surface area contributed by atoms with Crippen molar-refractivity contribution < 1.29 is 39.8 Å². The Morgan fingerprint density at radius 3 is 2.33 bits per heavy atom. The van der Waals surface area contributed by atoms with Crippen LogP contribution in [0.25, 0.3) is 22.3 Å². The number of ether oxygens (including phenoxy) is 1. The Kier molecular flexibility index (Phi) is 9.65. The minimum Gasteiger partial charge on any atom is -0.508 e. The zero-order valence-corrected chi connectivity index (χ0v) is 24.0. The first-order valence-corrected chi connectivity index (χ1v) is 14.1. The molecule has 0 aliphatic carbocycles. The van der Waals surface area contributed by atoms with Crippen molar-refractivity contribution >= 4 is 11.0 Å². The summed E-state index contributed by atoms with van der Waals surface area (Å²) in [4.78, 5) is 13.6. The standard InChI is InChI=1S/C33H38O9/c1-4-25(37)26(9-6-10-34)41-27-16-24(36)17-28-29(27)31(39)32(40)33(42-28)22-14-20(11-18(2)3)30(38)21(15-22)12-19-7-5-8-23(35)13-19/h5,7-8,13-18,25-26,34-38,40H,4,6,9-12H2,1-3H3. The number of benzene rings is 3. The molecule has 9 nitrogen and oxygen atoms in total. The van der Waals surface area contributed by atoms with Crippen molar-refractivity contribution in [3.8, 4) is 40.1 Å². The average Bonchev–Trinajstić information content (AvgIpc) is 2.94. The van der Waals surface area contributed by atoms with E-state index in [1.54, 1.807) is 37.3 Å². The Labute approximate surface area is 243 Å². The number of fused-ring (bicyclic) bond motifs is 1. The maximum atomic E-state index is 13.6. The molecule has 4 aromatic rings. The lowest BCUT2D eigenvalue weighted by Gasteiger charge is -2.24. The molecule has 3 aromatic carbocycles. The van der Waals surface area contributed by atoms with Crippen LogP contribution in [0.2, 0.25) is 0 Å². The molecule has 0 saturated carbocycles. The number of hydrogen-bond acceptors (Lipinski definition) is 9. The number of aromatic hydroxyl groups is 4. The molecule has 1 heterocycles. The van der Waals surface area contributed by atoms with E-state index in [-0.39, 0.29) is 58.7 Å². The Bertz CT molecular complexity index is 1610. The van der Waals surface area contributed by atoms with Gasteiger partial charge in [-0.3, -0.25) is 4.79 Å². The van der Waals surface area contributed by atoms with Crippen LogP contribution in [0, 0.1) is 5.92 Å². The van der Waals surface area contributed by atoms with Crippen molar-refractivity contribution in [2.75, 3.05) is 6.61 Å². The van der Waals surface area contributed by atoms with E-state index in [1.165, 1.54) is 12.1 Å². The topological polar surface area (TPSA) is 161 Å². The lowest BCUT2D eigenvalue weighted by Crippen LogP contribution is -2.31. The molecule has 42 heavy (non-hydrogen) atoms. The molecular weight excluding hydrogens is 540 g/mol. The summed E-state index contributed by atoms with van der Waals surface area (Å²) in [6.07, 6.45) is 0.129. The SMILES string of the molecule is CCC(O)C(CCCO)Oc1cc(O)cc2oc(-c3cc(Cc4cccc(O)c4)c(O)c(CC(C)C)c3)c(O)c(=O)c12. The van der Waals surface area contributed by atoms with Gasteiger partial charge in [0.15, 0.2) is 5.76 Å². The molecular formula is C33H38O9. The highest BCUT2D eigenvalue weighted by molar-refractivity contribution is 5.88. The van der Waals surface area contributed by atoms with Crippen LogP contribution in [0.4, 0.5) is 0 Å². The fourth-order valence-corrected chi connectivity index (χ4v) is 5.10. The minimum absolute atomic E-state index is 0.0392. The molecule has 0 aliphatic rings. The van der Waals surface area contributed by atoms with Crippen LogP contribution >= 0.6 is 0 Å². The first kappa shape index (κ1) is 30.7. The lowest BCUT2D eigenvalue weighted by atomic mass is 9.93. The third-order valence-corrected chi connectivity index (χ3v) is 7.16. The summed E-state index contributed by atoms with van der Waals surface area (Å²) in [6, 6.07) is 12.4. The highest BCUT2D eigenvalue weighted by Gasteiger charge is 2.25. The fourth-order valence-electron chi connectivity index (χ4n) is 5.10. The van der Waals surface area contributed by atoms with Crippen molar-refractivity contribution in [2.24, 2.45) is 5.92 Å². The smallest absolute Gasteiger partial charge is 0.238 e. The van der Waals surface area contributed by atoms with Crippen LogP contribution in [-0.4, -0.2) is 49.5 Å². The monoisotopic (exact) mass is 578 g/mol. The van der Waals surface area contributed by atoms with Gasteiger partial charge in [0.1, 0.15) is 40.1 Å². The molecule has 224 valence electrons. The van der Waals surface area contributed by atoms with Gasteiger partial charge in [-0.1, -0.05) is 32.9 Å². The lowest BCUT2D eigenvalue weighted by molar-refractivity contribution is 0.0262. The first-order chi connectivity index (χ1) is 20.0. The van der Waals surface area contributed by atoms with Gasteiger partial charge in [0.2, 0.25) is 11.2 Å². The van der Waals surface area contributed by atoms with Gasteiger partial charge in [-0.05, 0) is 72.6 Å². The van der Waals surface area contributed by atoms with E-state index in [2.05, 4.69) is 0 Å². The van der Waals surface area contributed by atoms with E-state index in [9.17, 15) is 35.4 Å². The van der Waals surface area contributed by atoms with Crippen molar-refractivity contribution in [2.45, 2.75) is 65.1 Å². The number of aliphatic hydroxyl groups excluding tert-OH is 2. The molecule has 2 unspecified atom stereocenters. The second-order valence-corrected chi connectivity index (χ2v) is 11.0. The third-order valence-electron chi connectivity index (χ3n) is 7.16. The van der Waals surface area contributed by atoms with E-state index in [0.29, 0.717) is 42.4 Å². The molecule has 0 bridgehead atoms. The second-order valence-electron chi connectivity index (χ2n) is 11.0. The highest BCUT2D eigenvalue weighted by Crippen LogP contribution is 2.39. The predicted octanol–water partition coefficient (Wildman–Crippen LogP) is 5.36. The van der Waals surface area contributed by atoms with E-state index in [1.807, 2.05) is 19.9 Å². The van der Waals surface area contributed by atoms with Crippen LogP contribution in [-0.2, 0) is 12.8 Å². The number of phenolic OH excluding ortho intramolecular Hbond substituents is 3. The summed E-state index contributed by atoms with van der Waals surface area (Å²) in [6.45, 7) is 5.67. The zero-order valence-electron chi connectivity index (χ0n) is 24.0. The van der Waals surface area contributed by atoms with Crippen molar-refractivity contribution in [3.05, 3.63) is 75.4 Å². The van der Waals surface area contributed by atoms with Gasteiger partial charge < -0.3 is 39.8 Å². The van der Waals surface area contributed by atoms with Gasteiger partial charge in [0.25, 0.3) is 0 Å². The van der Waals surface area contributed by atoms with Gasteiger partial charge in [0.05, 0.1) is 6.10 Å². The molecule has 0 amide bonds. The fraction of sp³-hybridized carbons (Fsp3) is 0.364. The summed E-state index contributed by atoms with van der Waals surface area (Å²) in [7, 11) is 0. The van der Waals surface area contributed by atoms with Crippen LogP contribution in [0.5, 0.6) is 28.7 Å². The maximum Gasteiger partial charge on any atom is 0.238 e. The molecule has 0 fully saturated rings. The number of hydrogen-bond donors (Lipinski definition) is 6. The quantitative estimate of drug-likeness (QED) is 0.130. The molecule has 0 radical (unpaired) electrons. The summed E-state index contributed by atoms with van der Waals surface area (Å²) in [5.74, 6) is -0.776. The highest BCUT2D eigenvalue weighted by atomic mass is 16.5.